The number of aliphatic hydroxyl groups is 1. The maximum Gasteiger partial charge on any atom is 0.269 e. The summed E-state index contributed by atoms with van der Waals surface area (Å²) in [6.45, 7) is 0.786. The molecule has 39 heavy (non-hydrogen) atoms. The molecule has 1 saturated heterocycles. The molecule has 1 aliphatic rings. The summed E-state index contributed by atoms with van der Waals surface area (Å²) in [7, 11) is -2.04. The Kier molecular flexibility index (Phi) is 6.53. The first-order chi connectivity index (χ1) is 18.9. The maximum atomic E-state index is 14.1. The number of benzene rings is 3. The van der Waals surface area contributed by atoms with E-state index in [1.807, 2.05) is 49.6 Å². The molecule has 1 fully saturated rings. The number of aromatic amines is 1. The smallest absolute Gasteiger partial charge is 0.269 e. The Labute approximate surface area is 227 Å². The first-order valence-corrected chi connectivity index (χ1v) is 14.2. The van der Waals surface area contributed by atoms with E-state index in [0.717, 1.165) is 23.9 Å². The molecule has 1 aliphatic heterocycles. The second-order valence-electron chi connectivity index (χ2n) is 9.70. The van der Waals surface area contributed by atoms with Crippen LogP contribution < -0.4 is 4.31 Å². The molecule has 0 amide bonds. The van der Waals surface area contributed by atoms with Crippen LogP contribution in [-0.4, -0.2) is 59.1 Å². The lowest BCUT2D eigenvalue weighted by molar-refractivity contribution is 0.0746. The van der Waals surface area contributed by atoms with E-state index in [2.05, 4.69) is 31.7 Å². The van der Waals surface area contributed by atoms with Crippen molar-refractivity contribution in [2.24, 2.45) is 0 Å². The summed E-state index contributed by atoms with van der Waals surface area (Å²) in [5.74, 6) is 6.74. The van der Waals surface area contributed by atoms with Crippen molar-refractivity contribution in [2.45, 2.75) is 29.9 Å². The van der Waals surface area contributed by atoms with E-state index in [-0.39, 0.29) is 22.9 Å². The van der Waals surface area contributed by atoms with Gasteiger partial charge in [0.25, 0.3) is 10.0 Å². The Bertz CT molecular complexity index is 1830. The van der Waals surface area contributed by atoms with Gasteiger partial charge in [0.15, 0.2) is 5.82 Å². The van der Waals surface area contributed by atoms with Crippen LogP contribution in [0, 0.1) is 11.8 Å². The first-order valence-electron chi connectivity index (χ1n) is 12.7. The van der Waals surface area contributed by atoms with Crippen molar-refractivity contribution < 1.29 is 13.5 Å². The highest BCUT2D eigenvalue weighted by atomic mass is 32.2. The van der Waals surface area contributed by atoms with Crippen molar-refractivity contribution in [1.82, 2.24) is 19.9 Å². The molecule has 2 aromatic heterocycles. The number of hydrogen-bond acceptors (Lipinski definition) is 6. The maximum absolute atomic E-state index is 14.1. The zero-order valence-corrected chi connectivity index (χ0v) is 22.1. The Morgan fingerprint density at radius 3 is 2.74 bits per heavy atom. The fourth-order valence-corrected chi connectivity index (χ4v) is 6.40. The van der Waals surface area contributed by atoms with Gasteiger partial charge in [-0.15, -0.1) is 0 Å². The molecule has 0 aliphatic carbocycles. The SMILES string of the molecule is CN1CCC(O)CC1C#Cc1ccc2ncnc(N(c3ccc4[nH]ccc4c3)S(=O)(=O)c3ccccc3)c2c1. The third-order valence-electron chi connectivity index (χ3n) is 7.09. The van der Waals surface area contributed by atoms with E-state index in [0.29, 0.717) is 28.6 Å². The van der Waals surface area contributed by atoms with Gasteiger partial charge in [0, 0.05) is 41.0 Å². The van der Waals surface area contributed by atoms with E-state index in [4.69, 9.17) is 0 Å². The summed E-state index contributed by atoms with van der Waals surface area (Å²) in [5.41, 5.74) is 2.68. The molecule has 2 N–H and O–H groups in total. The highest BCUT2D eigenvalue weighted by Crippen LogP contribution is 2.36. The number of hydrogen-bond donors (Lipinski definition) is 2. The Hall–Kier alpha value is -4.23. The average molecular weight is 538 g/mol. The van der Waals surface area contributed by atoms with E-state index in [1.54, 1.807) is 36.4 Å². The van der Waals surface area contributed by atoms with Crippen LogP contribution in [-0.2, 0) is 10.0 Å². The highest BCUT2D eigenvalue weighted by molar-refractivity contribution is 7.93. The van der Waals surface area contributed by atoms with Crippen molar-refractivity contribution in [3.8, 4) is 11.8 Å². The molecule has 6 rings (SSSR count). The molecule has 0 saturated carbocycles. The Morgan fingerprint density at radius 2 is 1.90 bits per heavy atom. The number of likely N-dealkylation sites (tertiary alicyclic amines) is 1. The predicted octanol–water partition coefficient (Wildman–Crippen LogP) is 4.44. The van der Waals surface area contributed by atoms with Gasteiger partial charge < -0.3 is 10.1 Å². The van der Waals surface area contributed by atoms with Crippen LogP contribution in [0.25, 0.3) is 21.8 Å². The number of aliphatic hydroxyl groups excluding tert-OH is 1. The van der Waals surface area contributed by atoms with Gasteiger partial charge in [-0.3, -0.25) is 4.90 Å². The van der Waals surface area contributed by atoms with Crippen LogP contribution in [0.4, 0.5) is 11.5 Å². The van der Waals surface area contributed by atoms with Crippen LogP contribution in [0.5, 0.6) is 0 Å². The number of sulfonamides is 1. The molecule has 0 bridgehead atoms. The molecule has 3 aromatic carbocycles. The van der Waals surface area contributed by atoms with Crippen molar-refractivity contribution in [1.29, 1.82) is 0 Å². The van der Waals surface area contributed by atoms with Gasteiger partial charge in [0.05, 0.1) is 28.2 Å². The number of aromatic nitrogens is 3. The number of nitrogens with zero attached hydrogens (tertiary/aromatic N) is 4. The zero-order chi connectivity index (χ0) is 27.0. The largest absolute Gasteiger partial charge is 0.393 e. The predicted molar refractivity (Wildman–Crippen MR) is 152 cm³/mol. The van der Waals surface area contributed by atoms with Gasteiger partial charge in [0.2, 0.25) is 0 Å². The summed E-state index contributed by atoms with van der Waals surface area (Å²) in [6.07, 6.45) is 4.18. The third kappa shape index (κ3) is 4.86. The molecule has 3 heterocycles. The molecule has 2 unspecified atom stereocenters. The first kappa shape index (κ1) is 25.1. The minimum Gasteiger partial charge on any atom is -0.393 e. The summed E-state index contributed by atoms with van der Waals surface area (Å²) >= 11 is 0. The van der Waals surface area contributed by atoms with Crippen LogP contribution >= 0.6 is 0 Å². The summed E-state index contributed by atoms with van der Waals surface area (Å²) in [4.78, 5) is 14.3. The van der Waals surface area contributed by atoms with Gasteiger partial charge in [0.1, 0.15) is 6.33 Å². The average Bonchev–Trinajstić information content (AvgIpc) is 3.42. The molecule has 0 radical (unpaired) electrons. The van der Waals surface area contributed by atoms with Crippen LogP contribution in [0.15, 0.2) is 90.2 Å². The molecule has 5 aromatic rings. The number of piperidine rings is 1. The van der Waals surface area contributed by atoms with Crippen LogP contribution in [0.2, 0.25) is 0 Å². The van der Waals surface area contributed by atoms with Crippen molar-refractivity contribution in [2.75, 3.05) is 17.9 Å². The summed E-state index contributed by atoms with van der Waals surface area (Å²) in [6, 6.07) is 21.1. The molecular weight excluding hydrogens is 510 g/mol. The van der Waals surface area contributed by atoms with Crippen molar-refractivity contribution in [3.63, 3.8) is 0 Å². The molecule has 0 spiro atoms. The van der Waals surface area contributed by atoms with E-state index in [9.17, 15) is 13.5 Å². The lowest BCUT2D eigenvalue weighted by Crippen LogP contribution is -2.40. The number of H-pyrrole nitrogens is 1. The number of anilines is 2. The standard InChI is InChI=1S/C30H27N5O3S/c1-34-16-14-25(36)19-23(34)9-7-21-8-11-29-27(17-21)30(33-20-32-29)35(39(37,38)26-5-3-2-4-6-26)24-10-12-28-22(18-24)13-15-31-28/h2-6,8,10-13,15,17-18,20,23,25,31,36H,14,16,19H2,1H3. The van der Waals surface area contributed by atoms with Crippen molar-refractivity contribution >= 4 is 43.3 Å². The third-order valence-corrected chi connectivity index (χ3v) is 8.82. The number of rotatable bonds is 4. The zero-order valence-electron chi connectivity index (χ0n) is 21.3. The number of nitrogens with one attached hydrogen (secondary N) is 1. The van der Waals surface area contributed by atoms with E-state index in [1.165, 1.54) is 10.6 Å². The topological polar surface area (TPSA) is 102 Å². The normalized spacial score (nSPS) is 18.1. The van der Waals surface area contributed by atoms with Gasteiger partial charge in [-0.2, -0.15) is 0 Å². The second-order valence-corrected chi connectivity index (χ2v) is 11.5. The lowest BCUT2D eigenvalue weighted by Gasteiger charge is -2.31. The Balaban J connectivity index is 1.51. The molecule has 9 heteroatoms. The Morgan fingerprint density at radius 1 is 1.05 bits per heavy atom. The van der Waals surface area contributed by atoms with Gasteiger partial charge in [-0.25, -0.2) is 22.7 Å². The summed E-state index contributed by atoms with van der Waals surface area (Å²) in [5, 5.41) is 11.5. The number of fused-ring (bicyclic) bond motifs is 2. The molecule has 196 valence electrons. The van der Waals surface area contributed by atoms with Gasteiger partial charge >= 0.3 is 0 Å². The fraction of sp³-hybridized carbons (Fsp3) is 0.200. The van der Waals surface area contributed by atoms with Gasteiger partial charge in [-0.05, 0) is 68.1 Å². The van der Waals surface area contributed by atoms with Crippen LogP contribution in [0.3, 0.4) is 0 Å². The quantitative estimate of drug-likeness (QED) is 0.329. The van der Waals surface area contributed by atoms with Crippen LogP contribution in [0.1, 0.15) is 18.4 Å². The lowest BCUT2D eigenvalue weighted by atomic mass is 10.00. The molecule has 8 nitrogen and oxygen atoms in total. The molecular formula is C30H27N5O3S. The fourth-order valence-electron chi connectivity index (χ4n) is 4.92. The summed E-state index contributed by atoms with van der Waals surface area (Å²) < 4.78 is 29.6. The highest BCUT2D eigenvalue weighted by Gasteiger charge is 2.30. The van der Waals surface area contributed by atoms with E-state index < -0.39 is 10.0 Å². The monoisotopic (exact) mass is 537 g/mol. The minimum atomic E-state index is -4.04. The second kappa shape index (κ2) is 10.2. The van der Waals surface area contributed by atoms with Gasteiger partial charge in [-0.1, -0.05) is 30.0 Å². The van der Waals surface area contributed by atoms with E-state index >= 15 is 0 Å². The molecule has 2 atom stereocenters. The van der Waals surface area contributed by atoms with Crippen molar-refractivity contribution in [3.05, 3.63) is 90.9 Å². The minimum absolute atomic E-state index is 0.0565.